The van der Waals surface area contributed by atoms with E-state index >= 15 is 0 Å². The third-order valence-corrected chi connectivity index (χ3v) is 4.90. The van der Waals surface area contributed by atoms with E-state index in [4.69, 9.17) is 0 Å². The van der Waals surface area contributed by atoms with Crippen LogP contribution < -0.4 is 5.32 Å². The molecule has 7 heteroatoms. The van der Waals surface area contributed by atoms with Crippen molar-refractivity contribution in [1.29, 1.82) is 0 Å². The average molecular weight is 305 g/mol. The van der Waals surface area contributed by atoms with Crippen LogP contribution in [0.5, 0.6) is 0 Å². The summed E-state index contributed by atoms with van der Waals surface area (Å²) in [6, 6.07) is 8.01. The van der Waals surface area contributed by atoms with Gasteiger partial charge in [0.25, 0.3) is 0 Å². The van der Waals surface area contributed by atoms with E-state index in [0.29, 0.717) is 6.54 Å². The van der Waals surface area contributed by atoms with Gasteiger partial charge in [-0.1, -0.05) is 42.2 Å². The molecule has 20 heavy (non-hydrogen) atoms. The van der Waals surface area contributed by atoms with Crippen molar-refractivity contribution in [3.05, 3.63) is 30.1 Å². The molecule has 5 nitrogen and oxygen atoms in total. The van der Waals surface area contributed by atoms with Crippen LogP contribution in [0.3, 0.4) is 0 Å². The summed E-state index contributed by atoms with van der Waals surface area (Å²) in [5.74, 6) is 1.99. The Balaban J connectivity index is 1.62. The lowest BCUT2D eigenvalue weighted by atomic mass is 10.3. The first-order valence-corrected chi connectivity index (χ1v) is 8.29. The van der Waals surface area contributed by atoms with Crippen LogP contribution >= 0.6 is 23.1 Å². The van der Waals surface area contributed by atoms with Gasteiger partial charge in [-0.05, 0) is 18.6 Å². The fourth-order valence-corrected chi connectivity index (χ4v) is 3.45. The summed E-state index contributed by atoms with van der Waals surface area (Å²) in [5, 5.41) is 12.4. The quantitative estimate of drug-likeness (QED) is 0.682. The van der Waals surface area contributed by atoms with E-state index in [2.05, 4.69) is 32.4 Å². The van der Waals surface area contributed by atoms with Crippen LogP contribution in [0.15, 0.2) is 28.6 Å². The highest BCUT2D eigenvalue weighted by Gasteiger charge is 2.06. The Morgan fingerprint density at radius 3 is 3.05 bits per heavy atom. The fraction of sp³-hybridized carbons (Fsp3) is 0.308. The number of fused-ring (bicyclic) bond motifs is 1. The lowest BCUT2D eigenvalue weighted by molar-refractivity contribution is 0.966. The highest BCUT2D eigenvalue weighted by atomic mass is 32.2. The molecular weight excluding hydrogens is 290 g/mol. The molecule has 0 aliphatic heterocycles. The Labute approximate surface area is 125 Å². The fourth-order valence-electron chi connectivity index (χ4n) is 1.78. The van der Waals surface area contributed by atoms with Gasteiger partial charge < -0.3 is 10.3 Å². The summed E-state index contributed by atoms with van der Waals surface area (Å²) in [5.41, 5.74) is 2.04. The smallest absolute Gasteiger partial charge is 0.206 e. The van der Waals surface area contributed by atoms with Gasteiger partial charge in [-0.15, -0.1) is 10.2 Å². The number of aromatic amines is 1. The molecule has 3 rings (SSSR count). The molecule has 0 aliphatic carbocycles. The molecule has 2 aromatic heterocycles. The molecule has 2 N–H and O–H groups in total. The maximum Gasteiger partial charge on any atom is 0.206 e. The van der Waals surface area contributed by atoms with Gasteiger partial charge in [0.15, 0.2) is 4.34 Å². The normalized spacial score (nSPS) is 11.1. The predicted octanol–water partition coefficient (Wildman–Crippen LogP) is 3.53. The summed E-state index contributed by atoms with van der Waals surface area (Å²) in [6.45, 7) is 2.79. The van der Waals surface area contributed by atoms with Gasteiger partial charge in [-0.2, -0.15) is 0 Å². The van der Waals surface area contributed by atoms with Crippen molar-refractivity contribution in [2.75, 3.05) is 11.1 Å². The first kappa shape index (κ1) is 13.4. The van der Waals surface area contributed by atoms with Gasteiger partial charge in [0, 0.05) is 5.75 Å². The molecule has 104 valence electrons. The maximum atomic E-state index is 4.52. The van der Waals surface area contributed by atoms with Crippen LogP contribution in [0.1, 0.15) is 19.2 Å². The standard InChI is InChI=1S/C13H15N5S2/c1-2-7-19-13-18-17-12(20-13)14-8-11-15-9-5-3-4-6-10(9)16-11/h3-6H,2,7-8H2,1H3,(H,14,17)(H,15,16). The number of para-hydroxylation sites is 2. The van der Waals surface area contributed by atoms with Crippen molar-refractivity contribution in [3.63, 3.8) is 0 Å². The number of aromatic nitrogens is 4. The minimum absolute atomic E-state index is 0.627. The van der Waals surface area contributed by atoms with Gasteiger partial charge >= 0.3 is 0 Å². The van der Waals surface area contributed by atoms with E-state index in [-0.39, 0.29) is 0 Å². The number of hydrogen-bond acceptors (Lipinski definition) is 6. The first-order chi connectivity index (χ1) is 9.85. The van der Waals surface area contributed by atoms with E-state index in [1.807, 2.05) is 24.3 Å². The predicted molar refractivity (Wildman–Crippen MR) is 84.3 cm³/mol. The molecule has 3 aromatic rings. The maximum absolute atomic E-state index is 4.52. The molecule has 0 atom stereocenters. The van der Waals surface area contributed by atoms with Crippen molar-refractivity contribution < 1.29 is 0 Å². The van der Waals surface area contributed by atoms with Crippen molar-refractivity contribution >= 4 is 39.3 Å². The molecule has 0 unspecified atom stereocenters. The minimum Gasteiger partial charge on any atom is -0.353 e. The summed E-state index contributed by atoms with van der Waals surface area (Å²) in [7, 11) is 0. The summed E-state index contributed by atoms with van der Waals surface area (Å²) in [4.78, 5) is 7.80. The number of hydrogen-bond donors (Lipinski definition) is 2. The zero-order chi connectivity index (χ0) is 13.8. The van der Waals surface area contributed by atoms with Crippen LogP contribution in [0.25, 0.3) is 11.0 Å². The Hall–Kier alpha value is -1.60. The molecule has 0 saturated carbocycles. The topological polar surface area (TPSA) is 66.5 Å². The van der Waals surface area contributed by atoms with Crippen LogP contribution in [0.4, 0.5) is 5.13 Å². The minimum atomic E-state index is 0.627. The van der Waals surface area contributed by atoms with E-state index < -0.39 is 0 Å². The Morgan fingerprint density at radius 2 is 2.20 bits per heavy atom. The number of benzene rings is 1. The Bertz CT molecular complexity index is 658. The highest BCUT2D eigenvalue weighted by molar-refractivity contribution is 8.01. The molecule has 0 radical (unpaired) electrons. The van der Waals surface area contributed by atoms with Crippen molar-refractivity contribution in [1.82, 2.24) is 20.2 Å². The van der Waals surface area contributed by atoms with E-state index in [1.165, 1.54) is 0 Å². The van der Waals surface area contributed by atoms with E-state index in [0.717, 1.165) is 38.5 Å². The zero-order valence-corrected chi connectivity index (χ0v) is 12.7. The molecular formula is C13H15N5S2. The zero-order valence-electron chi connectivity index (χ0n) is 11.1. The molecule has 2 heterocycles. The average Bonchev–Trinajstić information content (AvgIpc) is 3.09. The lowest BCUT2D eigenvalue weighted by Crippen LogP contribution is -2.00. The lowest BCUT2D eigenvalue weighted by Gasteiger charge is -1.97. The van der Waals surface area contributed by atoms with Gasteiger partial charge in [0.05, 0.1) is 17.6 Å². The number of H-pyrrole nitrogens is 1. The second-order valence-electron chi connectivity index (χ2n) is 4.28. The monoisotopic (exact) mass is 305 g/mol. The molecule has 1 aromatic carbocycles. The number of nitrogens with zero attached hydrogens (tertiary/aromatic N) is 3. The second-order valence-corrected chi connectivity index (χ2v) is 6.60. The van der Waals surface area contributed by atoms with Crippen LogP contribution in [-0.4, -0.2) is 25.9 Å². The van der Waals surface area contributed by atoms with E-state index in [9.17, 15) is 0 Å². The molecule has 0 amide bonds. The van der Waals surface area contributed by atoms with Crippen LogP contribution in [0, 0.1) is 0 Å². The summed E-state index contributed by atoms with van der Waals surface area (Å²) < 4.78 is 1.01. The summed E-state index contributed by atoms with van der Waals surface area (Å²) >= 11 is 3.34. The van der Waals surface area contributed by atoms with Crippen molar-refractivity contribution in [2.45, 2.75) is 24.2 Å². The number of nitrogens with one attached hydrogen (secondary N) is 2. The third-order valence-electron chi connectivity index (χ3n) is 2.68. The number of rotatable bonds is 6. The molecule has 0 spiro atoms. The number of imidazole rings is 1. The van der Waals surface area contributed by atoms with Gasteiger partial charge in [-0.25, -0.2) is 4.98 Å². The largest absolute Gasteiger partial charge is 0.353 e. The Kier molecular flexibility index (Phi) is 4.17. The molecule has 0 fully saturated rings. The Morgan fingerprint density at radius 1 is 1.30 bits per heavy atom. The van der Waals surface area contributed by atoms with Crippen LogP contribution in [0.2, 0.25) is 0 Å². The van der Waals surface area contributed by atoms with Crippen molar-refractivity contribution in [3.8, 4) is 0 Å². The van der Waals surface area contributed by atoms with Crippen molar-refractivity contribution in [2.24, 2.45) is 0 Å². The van der Waals surface area contributed by atoms with Crippen LogP contribution in [-0.2, 0) is 6.54 Å². The second kappa shape index (κ2) is 6.23. The SMILES string of the molecule is CCCSc1nnc(NCc2nc3ccccc3[nH]2)s1. The highest BCUT2D eigenvalue weighted by Crippen LogP contribution is 2.26. The van der Waals surface area contributed by atoms with Gasteiger partial charge in [0.2, 0.25) is 5.13 Å². The number of anilines is 1. The molecule has 0 aliphatic rings. The molecule has 0 saturated heterocycles. The third kappa shape index (κ3) is 3.10. The van der Waals surface area contributed by atoms with E-state index in [1.54, 1.807) is 23.1 Å². The number of thioether (sulfide) groups is 1. The first-order valence-electron chi connectivity index (χ1n) is 6.49. The van der Waals surface area contributed by atoms with Gasteiger partial charge in [0.1, 0.15) is 5.82 Å². The van der Waals surface area contributed by atoms with Gasteiger partial charge in [-0.3, -0.25) is 0 Å². The molecule has 0 bridgehead atoms. The summed E-state index contributed by atoms with van der Waals surface area (Å²) in [6.07, 6.45) is 1.14.